The molecule has 0 bridgehead atoms. The molecule has 2 aromatic heterocycles. The van der Waals surface area contributed by atoms with Gasteiger partial charge in [0.15, 0.2) is 0 Å². The zero-order valence-electron chi connectivity index (χ0n) is 21.2. The van der Waals surface area contributed by atoms with Crippen molar-refractivity contribution >= 4 is 21.8 Å². The summed E-state index contributed by atoms with van der Waals surface area (Å²) in [5.74, 6) is 0. The summed E-state index contributed by atoms with van der Waals surface area (Å²) in [4.78, 5) is 15.8. The van der Waals surface area contributed by atoms with Gasteiger partial charge in [-0.15, -0.1) is 0 Å². The molecule has 0 saturated carbocycles. The van der Waals surface area contributed by atoms with Crippen LogP contribution in [-0.2, 0) is 18.5 Å². The van der Waals surface area contributed by atoms with Gasteiger partial charge in [0.1, 0.15) is 10.7 Å². The van der Waals surface area contributed by atoms with Crippen molar-refractivity contribution in [1.29, 1.82) is 10.5 Å². The van der Waals surface area contributed by atoms with Crippen molar-refractivity contribution in [3.63, 3.8) is 0 Å². The number of rotatable bonds is 2. The molecule has 0 spiro atoms. The number of nitriles is 2. The smallest absolute Gasteiger partial charge is 0.245 e. The van der Waals surface area contributed by atoms with E-state index in [0.717, 1.165) is 12.1 Å². The average molecular weight is 602 g/mol. The summed E-state index contributed by atoms with van der Waals surface area (Å²) >= 11 is 0. The topological polar surface area (TPSA) is 98.1 Å². The molecule has 0 atom stereocenters. The Labute approximate surface area is 234 Å². The largest absolute Gasteiger partial charge is 0.416 e. The molecule has 0 radical (unpaired) electrons. The number of benzene rings is 3. The van der Waals surface area contributed by atoms with Gasteiger partial charge in [-0.05, 0) is 61.0 Å². The number of aromatic nitrogens is 2. The predicted molar refractivity (Wildman–Crippen MR) is 132 cm³/mol. The Kier molecular flexibility index (Phi) is 6.72. The second kappa shape index (κ2) is 9.90. The van der Waals surface area contributed by atoms with Gasteiger partial charge in [0.25, 0.3) is 0 Å². The van der Waals surface area contributed by atoms with Crippen LogP contribution in [0.4, 0.5) is 39.5 Å². The molecule has 0 amide bonds. The molecule has 0 aliphatic heterocycles. The average Bonchev–Trinajstić information content (AvgIpc) is 3.43. The quantitative estimate of drug-likeness (QED) is 0.159. The molecule has 0 saturated heterocycles. The van der Waals surface area contributed by atoms with E-state index in [1.165, 1.54) is 31.3 Å². The predicted octanol–water partition coefficient (Wildman–Crippen LogP) is 7.12. The van der Waals surface area contributed by atoms with Gasteiger partial charge < -0.3 is 0 Å². The third-order valence-corrected chi connectivity index (χ3v) is 6.40. The first-order valence-corrected chi connectivity index (χ1v) is 11.8. The van der Waals surface area contributed by atoms with Gasteiger partial charge in [-0.25, -0.2) is 9.97 Å². The SMILES string of the molecule is Cc1cc(-c2nc3cc4c(=NC#N)c(-c5cc(C(F)(F)F)cc(C(F)(F)F)c5)nc4cc3c2=NC#N)cc(C(F)(F)F)c1. The molecular formula is C28H11F9N6. The van der Waals surface area contributed by atoms with Crippen LogP contribution in [0.25, 0.3) is 44.3 Å². The standard InChI is InChI=1S/C28H11F9N6/c1-12-2-13(4-15(3-12)26(29,30)31)22-24(40-10-38)18-8-21-19(9-20(18)42-22)25(41-11-39)23(43-21)14-5-16(27(32,33)34)7-17(6-14)28(35,36)37/h2-9H,1H3. The minimum absolute atomic E-state index is 0.00259. The maximum atomic E-state index is 13.5. The van der Waals surface area contributed by atoms with Crippen LogP contribution in [0.5, 0.6) is 0 Å². The lowest BCUT2D eigenvalue weighted by molar-refractivity contribution is -0.143. The van der Waals surface area contributed by atoms with E-state index in [-0.39, 0.29) is 55.4 Å². The molecule has 0 aliphatic carbocycles. The molecule has 15 heteroatoms. The molecule has 0 aliphatic rings. The van der Waals surface area contributed by atoms with E-state index in [0.29, 0.717) is 12.1 Å². The van der Waals surface area contributed by atoms with Gasteiger partial charge >= 0.3 is 18.5 Å². The van der Waals surface area contributed by atoms with Crippen LogP contribution in [0.3, 0.4) is 0 Å². The van der Waals surface area contributed by atoms with Crippen LogP contribution in [0, 0.1) is 29.8 Å². The highest BCUT2D eigenvalue weighted by Gasteiger charge is 2.37. The molecule has 0 N–H and O–H groups in total. The van der Waals surface area contributed by atoms with Crippen LogP contribution >= 0.6 is 0 Å². The van der Waals surface area contributed by atoms with Crippen molar-refractivity contribution in [2.45, 2.75) is 25.5 Å². The Morgan fingerprint density at radius 3 is 1.30 bits per heavy atom. The van der Waals surface area contributed by atoms with Crippen LogP contribution in [0.15, 0.2) is 58.5 Å². The highest BCUT2D eigenvalue weighted by Crippen LogP contribution is 2.39. The van der Waals surface area contributed by atoms with Crippen LogP contribution in [0.2, 0.25) is 0 Å². The maximum Gasteiger partial charge on any atom is 0.416 e. The third-order valence-electron chi connectivity index (χ3n) is 6.40. The van der Waals surface area contributed by atoms with E-state index in [2.05, 4.69) is 20.0 Å². The van der Waals surface area contributed by atoms with E-state index in [1.54, 1.807) is 6.19 Å². The van der Waals surface area contributed by atoms with Gasteiger partial charge in [0.05, 0.1) is 39.1 Å². The summed E-state index contributed by atoms with van der Waals surface area (Å²) in [6.07, 6.45) is -12.0. The normalized spacial score (nSPS) is 13.6. The molecule has 5 rings (SSSR count). The van der Waals surface area contributed by atoms with E-state index < -0.39 is 46.5 Å². The van der Waals surface area contributed by atoms with Crippen molar-refractivity contribution in [2.24, 2.45) is 9.98 Å². The minimum atomic E-state index is -5.15. The summed E-state index contributed by atoms with van der Waals surface area (Å²) in [6.45, 7) is 1.43. The molecule has 0 fully saturated rings. The molecule has 43 heavy (non-hydrogen) atoms. The minimum Gasteiger partial charge on any atom is -0.245 e. The number of nitrogens with zero attached hydrogens (tertiary/aromatic N) is 6. The van der Waals surface area contributed by atoms with Crippen molar-refractivity contribution in [2.75, 3.05) is 0 Å². The monoisotopic (exact) mass is 602 g/mol. The maximum absolute atomic E-state index is 13.5. The first kappa shape index (κ1) is 29.2. The molecule has 0 unspecified atom stereocenters. The van der Waals surface area contributed by atoms with E-state index in [4.69, 9.17) is 0 Å². The van der Waals surface area contributed by atoms with E-state index in [9.17, 15) is 50.0 Å². The molecule has 6 nitrogen and oxygen atoms in total. The third kappa shape index (κ3) is 5.37. The highest BCUT2D eigenvalue weighted by atomic mass is 19.4. The first-order valence-electron chi connectivity index (χ1n) is 11.8. The Morgan fingerprint density at radius 1 is 0.558 bits per heavy atom. The lowest BCUT2D eigenvalue weighted by Crippen LogP contribution is -2.12. The Bertz CT molecular complexity index is 2100. The Balaban J connectivity index is 1.82. The fraction of sp³-hybridized carbons (Fsp3) is 0.143. The fourth-order valence-corrected chi connectivity index (χ4v) is 4.65. The van der Waals surface area contributed by atoms with Gasteiger partial charge in [0, 0.05) is 21.9 Å². The molecule has 2 heterocycles. The number of fused-ring (bicyclic) bond motifs is 2. The zero-order chi connectivity index (χ0) is 31.5. The van der Waals surface area contributed by atoms with Gasteiger partial charge in [-0.2, -0.15) is 60.0 Å². The van der Waals surface area contributed by atoms with E-state index in [1.807, 2.05) is 0 Å². The van der Waals surface area contributed by atoms with Crippen LogP contribution in [-0.4, -0.2) is 9.97 Å². The molecule has 216 valence electrons. The molecule has 5 aromatic rings. The van der Waals surface area contributed by atoms with Gasteiger partial charge in [-0.1, -0.05) is 0 Å². The number of halogens is 9. The summed E-state index contributed by atoms with van der Waals surface area (Å²) in [7, 11) is 0. The van der Waals surface area contributed by atoms with Crippen molar-refractivity contribution < 1.29 is 39.5 Å². The lowest BCUT2D eigenvalue weighted by atomic mass is 10.0. The second-order valence-electron chi connectivity index (χ2n) is 9.31. The second-order valence-corrected chi connectivity index (χ2v) is 9.31. The van der Waals surface area contributed by atoms with Crippen molar-refractivity contribution in [3.05, 3.63) is 81.5 Å². The van der Waals surface area contributed by atoms with E-state index >= 15 is 0 Å². The summed E-state index contributed by atoms with van der Waals surface area (Å²) < 4.78 is 121. The molecular weight excluding hydrogens is 591 g/mol. The summed E-state index contributed by atoms with van der Waals surface area (Å²) in [5.41, 5.74) is -5.17. The number of aryl methyl sites for hydroxylation is 1. The number of hydrogen-bond acceptors (Lipinski definition) is 6. The zero-order valence-corrected chi connectivity index (χ0v) is 21.2. The Hall–Kier alpha value is -5.31. The number of hydrogen-bond donors (Lipinski definition) is 0. The van der Waals surface area contributed by atoms with Crippen LogP contribution in [0.1, 0.15) is 22.3 Å². The summed E-state index contributed by atoms with van der Waals surface area (Å²) in [5, 5.41) is 18.2. The lowest BCUT2D eigenvalue weighted by Gasteiger charge is -2.13. The summed E-state index contributed by atoms with van der Waals surface area (Å²) in [6, 6.07) is 6.48. The highest BCUT2D eigenvalue weighted by molar-refractivity contribution is 5.99. The van der Waals surface area contributed by atoms with Crippen LogP contribution < -0.4 is 10.7 Å². The number of alkyl halides is 9. The fourth-order valence-electron chi connectivity index (χ4n) is 4.65. The van der Waals surface area contributed by atoms with Crippen molar-refractivity contribution in [1.82, 2.24) is 9.97 Å². The van der Waals surface area contributed by atoms with Crippen molar-refractivity contribution in [3.8, 4) is 34.9 Å². The first-order chi connectivity index (χ1) is 20.0. The van der Waals surface area contributed by atoms with Gasteiger partial charge in [0.2, 0.25) is 12.4 Å². The van der Waals surface area contributed by atoms with Gasteiger partial charge in [-0.3, -0.25) is 0 Å². The Morgan fingerprint density at radius 2 is 0.930 bits per heavy atom. The molecule has 3 aromatic carbocycles.